The second-order valence-corrected chi connectivity index (χ2v) is 13.6. The third kappa shape index (κ3) is 18.7. The van der Waals surface area contributed by atoms with Crippen LogP contribution >= 0.6 is 0 Å². The molecule has 0 bridgehead atoms. The lowest BCUT2D eigenvalue weighted by molar-refractivity contribution is 0.437. The van der Waals surface area contributed by atoms with Crippen LogP contribution in [0.4, 0.5) is 0 Å². The number of imidazole rings is 1. The van der Waals surface area contributed by atoms with E-state index in [1.807, 2.05) is 69.2 Å². The molecular formula is C42H62N8O6. The molecule has 8 rings (SSSR count). The number of nitrogens with zero attached hydrogens (tertiary/aromatic N) is 8. The fraction of sp³-hybridized carbons (Fsp3) is 0.500. The van der Waals surface area contributed by atoms with Gasteiger partial charge in [-0.1, -0.05) is 19.3 Å². The second kappa shape index (κ2) is 24.8. The molecule has 7 aromatic rings. The third-order valence-electron chi connectivity index (χ3n) is 8.22. The van der Waals surface area contributed by atoms with Crippen LogP contribution in [0.25, 0.3) is 0 Å². The Bertz CT molecular complexity index is 1870. The van der Waals surface area contributed by atoms with Crippen molar-refractivity contribution < 1.29 is 26.5 Å². The molecule has 306 valence electrons. The predicted molar refractivity (Wildman–Crippen MR) is 214 cm³/mol. The van der Waals surface area contributed by atoms with Gasteiger partial charge in [-0.3, -0.25) is 0 Å². The van der Waals surface area contributed by atoms with Crippen molar-refractivity contribution in [1.29, 1.82) is 0 Å². The van der Waals surface area contributed by atoms with E-state index in [0.29, 0.717) is 6.04 Å². The summed E-state index contributed by atoms with van der Waals surface area (Å²) in [7, 11) is 0. The molecule has 0 N–H and O–H groups in total. The van der Waals surface area contributed by atoms with Crippen molar-refractivity contribution in [2.75, 3.05) is 0 Å². The van der Waals surface area contributed by atoms with Gasteiger partial charge in [-0.05, 0) is 82.1 Å². The molecule has 7 heterocycles. The molecule has 1 fully saturated rings. The van der Waals surface area contributed by atoms with Gasteiger partial charge in [-0.15, -0.1) is 0 Å². The molecule has 14 heteroatoms. The number of hydrogen-bond acceptors (Lipinski definition) is 13. The monoisotopic (exact) mass is 774 g/mol. The molecule has 1 aliphatic carbocycles. The number of rotatable bonds is 2. The minimum absolute atomic E-state index is 0.537. The Labute approximate surface area is 331 Å². The van der Waals surface area contributed by atoms with Gasteiger partial charge >= 0.3 is 0 Å². The van der Waals surface area contributed by atoms with Gasteiger partial charge in [0.2, 0.25) is 0 Å². The summed E-state index contributed by atoms with van der Waals surface area (Å²) in [5, 5.41) is 0. The summed E-state index contributed by atoms with van der Waals surface area (Å²) < 4.78 is 31.5. The van der Waals surface area contributed by atoms with E-state index in [4.69, 9.17) is 31.5 Å². The normalized spacial score (nSPS) is 11.8. The van der Waals surface area contributed by atoms with Crippen LogP contribution in [0, 0.1) is 83.1 Å². The smallest absolute Gasteiger partial charge is 0.191 e. The Morgan fingerprint density at radius 3 is 1.57 bits per heavy atom. The molecule has 1 aliphatic rings. The average molecular weight is 775 g/mol. The number of oxazole rings is 6. The molecule has 0 spiro atoms. The number of hydrogen-bond donors (Lipinski definition) is 0. The largest absolute Gasteiger partial charge is 0.449 e. The van der Waals surface area contributed by atoms with E-state index in [1.54, 1.807) is 38.0 Å². The van der Waals surface area contributed by atoms with Crippen LogP contribution in [-0.4, -0.2) is 39.5 Å². The Kier molecular flexibility index (Phi) is 20.6. The molecule has 0 aliphatic heterocycles. The molecule has 0 saturated heterocycles. The van der Waals surface area contributed by atoms with E-state index in [1.165, 1.54) is 56.4 Å². The quantitative estimate of drug-likeness (QED) is 0.162. The molecule has 0 aromatic carbocycles. The third-order valence-corrected chi connectivity index (χ3v) is 8.22. The molecule has 7 aromatic heterocycles. The fourth-order valence-corrected chi connectivity index (χ4v) is 5.13. The van der Waals surface area contributed by atoms with E-state index in [9.17, 15) is 0 Å². The zero-order valence-corrected chi connectivity index (χ0v) is 35.8. The van der Waals surface area contributed by atoms with Crippen molar-refractivity contribution in [2.45, 2.75) is 141 Å². The molecule has 1 saturated carbocycles. The minimum Gasteiger partial charge on any atom is -0.449 e. The van der Waals surface area contributed by atoms with Gasteiger partial charge in [-0.25, -0.2) is 34.9 Å². The Hall–Kier alpha value is -5.53. The maximum absolute atomic E-state index is 5.10. The van der Waals surface area contributed by atoms with Gasteiger partial charge in [0.1, 0.15) is 41.4 Å². The highest BCUT2D eigenvalue weighted by Gasteiger charge is 2.19. The van der Waals surface area contributed by atoms with Crippen LogP contribution < -0.4 is 0 Å². The molecule has 0 atom stereocenters. The first-order chi connectivity index (χ1) is 26.5. The van der Waals surface area contributed by atoms with E-state index in [0.717, 1.165) is 69.6 Å². The Balaban J connectivity index is 0.000000233. The highest BCUT2D eigenvalue weighted by atomic mass is 16.4. The van der Waals surface area contributed by atoms with Crippen molar-refractivity contribution in [1.82, 2.24) is 39.5 Å². The van der Waals surface area contributed by atoms with Crippen molar-refractivity contribution >= 4 is 0 Å². The lowest BCUT2D eigenvalue weighted by Crippen LogP contribution is -2.04. The highest BCUT2D eigenvalue weighted by molar-refractivity contribution is 5.10. The number of aryl methyl sites for hydroxylation is 12. The highest BCUT2D eigenvalue weighted by Crippen LogP contribution is 2.32. The first kappa shape index (κ1) is 46.6. The summed E-state index contributed by atoms with van der Waals surface area (Å²) in [6.07, 6.45) is 20.2. The van der Waals surface area contributed by atoms with Crippen LogP contribution in [-0.2, 0) is 0 Å². The SMILES string of the molecule is Cc1cnc(C)o1.Cc1cnco1.Cc1coc(C)n1.Cc1nc(C)c(C)o1.Cc1nc(C2CCCCC2)cn1C(C)C.Cc1ncco1.Cc1ncoc1C. The van der Waals surface area contributed by atoms with Crippen LogP contribution in [0.5, 0.6) is 0 Å². The van der Waals surface area contributed by atoms with Crippen molar-refractivity contribution in [3.63, 3.8) is 0 Å². The average Bonchev–Trinajstić information content (AvgIpc) is 4.03. The van der Waals surface area contributed by atoms with Crippen molar-refractivity contribution in [2.24, 2.45) is 0 Å². The van der Waals surface area contributed by atoms with Gasteiger partial charge in [0.25, 0.3) is 0 Å². The maximum atomic E-state index is 5.10. The molecule has 56 heavy (non-hydrogen) atoms. The zero-order chi connectivity index (χ0) is 41.6. The summed E-state index contributed by atoms with van der Waals surface area (Å²) in [5.74, 6) is 8.39. The fourth-order valence-electron chi connectivity index (χ4n) is 5.13. The van der Waals surface area contributed by atoms with Crippen LogP contribution in [0.1, 0.15) is 133 Å². The number of aromatic nitrogens is 8. The lowest BCUT2D eigenvalue weighted by atomic mass is 9.87. The Morgan fingerprint density at radius 1 is 0.607 bits per heavy atom. The molecule has 0 amide bonds. The summed E-state index contributed by atoms with van der Waals surface area (Å²) in [6, 6.07) is 0.537. The predicted octanol–water partition coefficient (Wildman–Crippen LogP) is 11.3. The second-order valence-electron chi connectivity index (χ2n) is 13.6. The first-order valence-corrected chi connectivity index (χ1v) is 18.9. The molecular weight excluding hydrogens is 713 g/mol. The maximum Gasteiger partial charge on any atom is 0.191 e. The van der Waals surface area contributed by atoms with Gasteiger partial charge in [-0.2, -0.15) is 0 Å². The lowest BCUT2D eigenvalue weighted by Gasteiger charge is -2.19. The standard InChI is InChI=1S/C13H22N2.C6H9NO.3C5H7NO.2C4H5NO/c1-10(2)15-9-13(14-11(15)3)12-7-5-4-6-8-12;1-4-5(2)8-6(3)7-4;1-4-5(2)7-3-6-4;1-4-3-7-5(2)6-4;1-4-3-6-5(2)7-4;1-4-2-5-3-6-4;1-4-5-2-3-6-4/h9-10,12H,4-8H2,1-3H3;1-3H3;3*3H,1-2H3;2*2-3H,1H3. The summed E-state index contributed by atoms with van der Waals surface area (Å²) in [5.41, 5.74) is 4.24. The topological polar surface area (TPSA) is 174 Å². The van der Waals surface area contributed by atoms with Crippen LogP contribution in [0.3, 0.4) is 0 Å². The van der Waals surface area contributed by atoms with Gasteiger partial charge in [0.05, 0.1) is 41.4 Å². The molecule has 0 unspecified atom stereocenters. The Morgan fingerprint density at radius 2 is 1.32 bits per heavy atom. The summed E-state index contributed by atoms with van der Waals surface area (Å²) in [4.78, 5) is 27.8. The molecule has 14 nitrogen and oxygen atoms in total. The van der Waals surface area contributed by atoms with Crippen LogP contribution in [0.15, 0.2) is 76.6 Å². The summed E-state index contributed by atoms with van der Waals surface area (Å²) >= 11 is 0. The van der Waals surface area contributed by atoms with Crippen LogP contribution in [0.2, 0.25) is 0 Å². The minimum atomic E-state index is 0.537. The van der Waals surface area contributed by atoms with Gasteiger partial charge < -0.3 is 31.1 Å². The van der Waals surface area contributed by atoms with Crippen molar-refractivity contribution in [3.05, 3.63) is 125 Å². The van der Waals surface area contributed by atoms with Crippen molar-refractivity contribution in [3.8, 4) is 0 Å². The summed E-state index contributed by atoms with van der Waals surface area (Å²) in [6.45, 7) is 27.1. The van der Waals surface area contributed by atoms with E-state index < -0.39 is 0 Å². The van der Waals surface area contributed by atoms with E-state index >= 15 is 0 Å². The zero-order valence-electron chi connectivity index (χ0n) is 35.8. The molecule has 0 radical (unpaired) electrons. The van der Waals surface area contributed by atoms with Gasteiger partial charge in [0, 0.05) is 45.9 Å². The first-order valence-electron chi connectivity index (χ1n) is 18.9. The van der Waals surface area contributed by atoms with E-state index in [2.05, 4.69) is 61.4 Å². The van der Waals surface area contributed by atoms with E-state index in [-0.39, 0.29) is 0 Å². The van der Waals surface area contributed by atoms with Gasteiger partial charge in [0.15, 0.2) is 36.4 Å².